The van der Waals surface area contributed by atoms with Gasteiger partial charge in [0.25, 0.3) is 0 Å². The Hall–Kier alpha value is -3.98. The number of amides is 2. The number of anilines is 1. The van der Waals surface area contributed by atoms with E-state index in [0.717, 1.165) is 28.7 Å². The molecular formula is C27H17ClF3N3O3. The average Bonchev–Trinajstić information content (AvgIpc) is 3.36. The highest BCUT2D eigenvalue weighted by Crippen LogP contribution is 2.53. The summed E-state index contributed by atoms with van der Waals surface area (Å²) in [5, 5.41) is 6.38. The number of fused-ring (bicyclic) bond motifs is 5. The second-order valence-corrected chi connectivity index (χ2v) is 9.56. The molecule has 6 rings (SSSR count). The zero-order chi connectivity index (χ0) is 26.1. The molecule has 3 aromatic rings. The molecule has 4 unspecified atom stereocenters. The van der Waals surface area contributed by atoms with Crippen molar-refractivity contribution in [3.05, 3.63) is 100 Å². The van der Waals surface area contributed by atoms with Gasteiger partial charge in [-0.1, -0.05) is 41.9 Å². The summed E-state index contributed by atoms with van der Waals surface area (Å²) in [6, 6.07) is 15.6. The number of imide groups is 1. The van der Waals surface area contributed by atoms with Crippen LogP contribution < -0.4 is 4.90 Å². The molecule has 0 N–H and O–H groups in total. The highest BCUT2D eigenvalue weighted by Gasteiger charge is 2.65. The van der Waals surface area contributed by atoms with Crippen molar-refractivity contribution in [3.63, 3.8) is 0 Å². The molecule has 37 heavy (non-hydrogen) atoms. The molecule has 4 atom stereocenters. The summed E-state index contributed by atoms with van der Waals surface area (Å²) in [5.41, 5.74) is 0.563. The van der Waals surface area contributed by atoms with Crippen LogP contribution in [0.1, 0.15) is 33.1 Å². The first-order chi connectivity index (χ1) is 17.7. The van der Waals surface area contributed by atoms with Crippen molar-refractivity contribution in [3.8, 4) is 0 Å². The Morgan fingerprint density at radius 3 is 2.32 bits per heavy atom. The van der Waals surface area contributed by atoms with Crippen LogP contribution in [0.15, 0.2) is 77.9 Å². The van der Waals surface area contributed by atoms with Crippen molar-refractivity contribution in [2.45, 2.75) is 18.3 Å². The number of nitrogens with zero attached hydrogens (tertiary/aromatic N) is 3. The predicted octanol–water partition coefficient (Wildman–Crippen LogP) is 5.12. The summed E-state index contributed by atoms with van der Waals surface area (Å²) in [6.07, 6.45) is -3.08. The van der Waals surface area contributed by atoms with E-state index in [4.69, 9.17) is 11.6 Å². The standard InChI is InChI=1S/C27H17ClF3N3O3/c28-17-10-8-14(9-11-17)24(35)23-21-20(22-19-7-2-1-4-15(19)13-32-34(22)23)25(36)33(26(21)37)18-6-3-5-16(12-18)27(29,30)31/h1-13,20-23H. The van der Waals surface area contributed by atoms with E-state index in [9.17, 15) is 27.6 Å². The van der Waals surface area contributed by atoms with Crippen molar-refractivity contribution in [1.29, 1.82) is 0 Å². The fraction of sp³-hybridized carbons (Fsp3) is 0.185. The van der Waals surface area contributed by atoms with Crippen LogP contribution in [-0.4, -0.2) is 34.9 Å². The number of hydrogen-bond donors (Lipinski definition) is 0. The number of Topliss-reactive ketones (excluding diaryl/α,β-unsaturated/α-hetero) is 1. The Balaban J connectivity index is 1.48. The average molecular weight is 524 g/mol. The van der Waals surface area contributed by atoms with E-state index < -0.39 is 53.3 Å². The highest BCUT2D eigenvalue weighted by molar-refractivity contribution is 6.30. The van der Waals surface area contributed by atoms with Crippen molar-refractivity contribution >= 4 is 41.1 Å². The summed E-state index contributed by atoms with van der Waals surface area (Å²) in [5.74, 6) is -3.98. The molecule has 0 spiro atoms. The first kappa shape index (κ1) is 23.4. The number of ketones is 1. The van der Waals surface area contributed by atoms with Crippen LogP contribution >= 0.6 is 11.6 Å². The molecule has 0 aromatic heterocycles. The van der Waals surface area contributed by atoms with Crippen molar-refractivity contribution in [2.75, 3.05) is 4.90 Å². The maximum Gasteiger partial charge on any atom is 0.416 e. The SMILES string of the molecule is O=C(c1ccc(Cl)cc1)C1C2C(=O)N(c3cccc(C(F)(F)F)c3)C(=O)C2C2c3ccccc3C=NN12. The first-order valence-electron chi connectivity index (χ1n) is 11.4. The molecule has 3 heterocycles. The van der Waals surface area contributed by atoms with E-state index in [-0.39, 0.29) is 11.3 Å². The summed E-state index contributed by atoms with van der Waals surface area (Å²) in [4.78, 5) is 42.1. The fourth-order valence-corrected chi connectivity index (χ4v) is 5.66. The number of carbonyl (C=O) groups excluding carboxylic acids is 3. The number of hydrogen-bond acceptors (Lipinski definition) is 5. The van der Waals surface area contributed by atoms with Crippen molar-refractivity contribution in [1.82, 2.24) is 5.01 Å². The van der Waals surface area contributed by atoms with Crippen LogP contribution in [0.3, 0.4) is 0 Å². The van der Waals surface area contributed by atoms with E-state index in [0.29, 0.717) is 10.6 Å². The molecule has 2 amide bonds. The zero-order valence-corrected chi connectivity index (χ0v) is 19.6. The van der Waals surface area contributed by atoms with Crippen LogP contribution in [0, 0.1) is 11.8 Å². The minimum Gasteiger partial charge on any atom is -0.292 e. The maximum atomic E-state index is 13.8. The third-order valence-electron chi connectivity index (χ3n) is 7.12. The molecule has 3 aromatic carbocycles. The van der Waals surface area contributed by atoms with Gasteiger partial charge in [0.05, 0.1) is 35.3 Å². The highest BCUT2D eigenvalue weighted by atomic mass is 35.5. The number of alkyl halides is 3. The lowest BCUT2D eigenvalue weighted by atomic mass is 9.83. The number of halogens is 4. The minimum absolute atomic E-state index is 0.184. The number of rotatable bonds is 3. The van der Waals surface area contributed by atoms with Gasteiger partial charge in [0.1, 0.15) is 6.04 Å². The fourth-order valence-electron chi connectivity index (χ4n) is 5.53. The Morgan fingerprint density at radius 1 is 0.892 bits per heavy atom. The van der Waals surface area contributed by atoms with E-state index in [2.05, 4.69) is 5.10 Å². The quantitative estimate of drug-likeness (QED) is 0.353. The number of hydrazone groups is 1. The summed E-state index contributed by atoms with van der Waals surface area (Å²) in [6.45, 7) is 0. The third-order valence-corrected chi connectivity index (χ3v) is 7.37. The predicted molar refractivity (Wildman–Crippen MR) is 129 cm³/mol. The van der Waals surface area contributed by atoms with Crippen molar-refractivity contribution in [2.24, 2.45) is 16.9 Å². The van der Waals surface area contributed by atoms with Crippen LogP contribution in [0.4, 0.5) is 18.9 Å². The molecule has 0 aliphatic carbocycles. The van der Waals surface area contributed by atoms with Gasteiger partial charge in [-0.2, -0.15) is 18.3 Å². The number of carbonyl (C=O) groups is 3. The number of benzene rings is 3. The summed E-state index contributed by atoms with van der Waals surface area (Å²) >= 11 is 5.98. The van der Waals surface area contributed by atoms with Gasteiger partial charge in [0, 0.05) is 10.6 Å². The van der Waals surface area contributed by atoms with Gasteiger partial charge in [-0.25, -0.2) is 4.90 Å². The Bertz CT molecular complexity index is 1490. The zero-order valence-electron chi connectivity index (χ0n) is 18.9. The summed E-state index contributed by atoms with van der Waals surface area (Å²) < 4.78 is 40.2. The van der Waals surface area contributed by atoms with E-state index in [1.807, 2.05) is 6.07 Å². The molecule has 2 saturated heterocycles. The Labute approximate surface area is 213 Å². The van der Waals surface area contributed by atoms with E-state index >= 15 is 0 Å². The second kappa shape index (κ2) is 8.27. The Morgan fingerprint density at radius 2 is 1.59 bits per heavy atom. The molecule has 3 aliphatic heterocycles. The van der Waals surface area contributed by atoms with E-state index in [1.165, 1.54) is 23.2 Å². The van der Waals surface area contributed by atoms with Gasteiger partial charge in [0.15, 0.2) is 5.78 Å². The largest absolute Gasteiger partial charge is 0.416 e. The van der Waals surface area contributed by atoms with E-state index in [1.54, 1.807) is 36.5 Å². The molecule has 2 fully saturated rings. The van der Waals surface area contributed by atoms with Gasteiger partial charge in [0.2, 0.25) is 11.8 Å². The van der Waals surface area contributed by atoms with Gasteiger partial charge in [-0.3, -0.25) is 19.4 Å². The smallest absolute Gasteiger partial charge is 0.292 e. The van der Waals surface area contributed by atoms with Crippen molar-refractivity contribution < 1.29 is 27.6 Å². The monoisotopic (exact) mass is 523 g/mol. The molecule has 10 heteroatoms. The third kappa shape index (κ3) is 3.56. The van der Waals surface area contributed by atoms with Gasteiger partial charge in [-0.15, -0.1) is 0 Å². The lowest BCUT2D eigenvalue weighted by molar-refractivity contribution is -0.137. The van der Waals surface area contributed by atoms with Crippen LogP contribution in [-0.2, 0) is 15.8 Å². The molecular weight excluding hydrogens is 507 g/mol. The molecule has 6 nitrogen and oxygen atoms in total. The molecule has 186 valence electrons. The first-order valence-corrected chi connectivity index (χ1v) is 11.8. The topological polar surface area (TPSA) is 70.0 Å². The van der Waals surface area contributed by atoms with Gasteiger partial charge < -0.3 is 0 Å². The molecule has 3 aliphatic rings. The normalized spacial score (nSPS) is 24.2. The van der Waals surface area contributed by atoms with Crippen LogP contribution in [0.5, 0.6) is 0 Å². The lowest BCUT2D eigenvalue weighted by Gasteiger charge is -2.33. The molecule has 0 radical (unpaired) electrons. The summed E-state index contributed by atoms with van der Waals surface area (Å²) in [7, 11) is 0. The van der Waals surface area contributed by atoms with Gasteiger partial charge >= 0.3 is 6.18 Å². The lowest BCUT2D eigenvalue weighted by Crippen LogP contribution is -2.44. The van der Waals surface area contributed by atoms with Gasteiger partial charge in [-0.05, 0) is 53.6 Å². The second-order valence-electron chi connectivity index (χ2n) is 9.13. The Kier molecular flexibility index (Phi) is 5.24. The van der Waals surface area contributed by atoms with Crippen LogP contribution in [0.25, 0.3) is 0 Å². The van der Waals surface area contributed by atoms with Crippen LogP contribution in [0.2, 0.25) is 5.02 Å². The molecule has 0 saturated carbocycles. The maximum absolute atomic E-state index is 13.8. The molecule has 0 bridgehead atoms. The minimum atomic E-state index is -4.65.